The zero-order chi connectivity index (χ0) is 9.26. The Morgan fingerprint density at radius 3 is 2.46 bits per heavy atom. The molecule has 0 heterocycles. The summed E-state index contributed by atoms with van der Waals surface area (Å²) in [5.41, 5.74) is 4.94. The molecule has 0 aromatic heterocycles. The molecule has 0 spiro atoms. The van der Waals surface area contributed by atoms with Crippen molar-refractivity contribution in [2.24, 2.45) is 5.84 Å². The van der Waals surface area contributed by atoms with E-state index >= 15 is 0 Å². The third-order valence-electron chi connectivity index (χ3n) is 2.30. The standard InChI is InChI=1S/C11H12N2/c1-8-4-2-6-10-9(8)5-3-7-11(10)13-12/h2-7,13H,12H2,1H3. The Balaban J connectivity index is 2.84. The number of fused-ring (bicyclic) bond motifs is 1. The molecule has 0 unspecified atom stereocenters. The number of anilines is 1. The van der Waals surface area contributed by atoms with Crippen LogP contribution in [0.4, 0.5) is 5.69 Å². The van der Waals surface area contributed by atoms with Crippen molar-refractivity contribution in [1.29, 1.82) is 0 Å². The third-order valence-corrected chi connectivity index (χ3v) is 2.30. The summed E-state index contributed by atoms with van der Waals surface area (Å²) in [5.74, 6) is 5.42. The van der Waals surface area contributed by atoms with Crippen LogP contribution in [0.15, 0.2) is 36.4 Å². The van der Waals surface area contributed by atoms with E-state index in [-0.39, 0.29) is 0 Å². The molecule has 13 heavy (non-hydrogen) atoms. The Bertz CT molecular complexity index is 435. The Morgan fingerprint density at radius 1 is 1.00 bits per heavy atom. The van der Waals surface area contributed by atoms with Gasteiger partial charge in [-0.3, -0.25) is 5.84 Å². The molecule has 2 nitrogen and oxygen atoms in total. The van der Waals surface area contributed by atoms with Gasteiger partial charge in [-0.25, -0.2) is 0 Å². The van der Waals surface area contributed by atoms with Gasteiger partial charge in [-0.05, 0) is 23.9 Å². The first-order valence-corrected chi connectivity index (χ1v) is 4.28. The van der Waals surface area contributed by atoms with Gasteiger partial charge in [-0.1, -0.05) is 30.3 Å². The molecule has 2 rings (SSSR count). The average Bonchev–Trinajstić information content (AvgIpc) is 2.18. The van der Waals surface area contributed by atoms with E-state index < -0.39 is 0 Å². The summed E-state index contributed by atoms with van der Waals surface area (Å²) in [6, 6.07) is 12.3. The van der Waals surface area contributed by atoms with E-state index in [0.29, 0.717) is 0 Å². The second-order valence-electron chi connectivity index (χ2n) is 3.12. The minimum atomic E-state index is 0.973. The maximum absolute atomic E-state index is 5.42. The van der Waals surface area contributed by atoms with Crippen molar-refractivity contribution in [2.75, 3.05) is 5.43 Å². The molecule has 2 aromatic rings. The van der Waals surface area contributed by atoms with Gasteiger partial charge in [0.2, 0.25) is 0 Å². The van der Waals surface area contributed by atoms with E-state index in [9.17, 15) is 0 Å². The van der Waals surface area contributed by atoms with Crippen molar-refractivity contribution in [3.8, 4) is 0 Å². The maximum atomic E-state index is 5.42. The largest absolute Gasteiger partial charge is 0.324 e. The number of nitrogens with two attached hydrogens (primary N) is 1. The van der Waals surface area contributed by atoms with Gasteiger partial charge < -0.3 is 5.43 Å². The fourth-order valence-electron chi connectivity index (χ4n) is 1.59. The van der Waals surface area contributed by atoms with Crippen molar-refractivity contribution in [2.45, 2.75) is 6.92 Å². The van der Waals surface area contributed by atoms with Gasteiger partial charge in [-0.15, -0.1) is 0 Å². The van der Waals surface area contributed by atoms with Gasteiger partial charge in [-0.2, -0.15) is 0 Å². The highest BCUT2D eigenvalue weighted by molar-refractivity contribution is 5.95. The number of aryl methyl sites for hydroxylation is 1. The number of nitrogen functional groups attached to an aromatic ring is 1. The van der Waals surface area contributed by atoms with Crippen molar-refractivity contribution in [1.82, 2.24) is 0 Å². The lowest BCUT2D eigenvalue weighted by Gasteiger charge is -2.06. The molecule has 0 saturated heterocycles. The smallest absolute Gasteiger partial charge is 0.0563 e. The summed E-state index contributed by atoms with van der Waals surface area (Å²) >= 11 is 0. The van der Waals surface area contributed by atoms with Crippen LogP contribution in [0.2, 0.25) is 0 Å². The fourth-order valence-corrected chi connectivity index (χ4v) is 1.59. The number of hydrogen-bond donors (Lipinski definition) is 2. The lowest BCUT2D eigenvalue weighted by molar-refractivity contribution is 1.37. The van der Waals surface area contributed by atoms with Crippen molar-refractivity contribution in [3.05, 3.63) is 42.0 Å². The molecule has 0 aliphatic heterocycles. The van der Waals surface area contributed by atoms with Gasteiger partial charge >= 0.3 is 0 Å². The molecule has 3 N–H and O–H groups in total. The highest BCUT2D eigenvalue weighted by atomic mass is 15.2. The topological polar surface area (TPSA) is 38.0 Å². The van der Waals surface area contributed by atoms with Crippen molar-refractivity contribution < 1.29 is 0 Å². The maximum Gasteiger partial charge on any atom is 0.0563 e. The Kier molecular flexibility index (Phi) is 1.91. The van der Waals surface area contributed by atoms with Crippen LogP contribution in [0.5, 0.6) is 0 Å². The number of hydrazine groups is 1. The molecule has 0 aliphatic carbocycles. The van der Waals surface area contributed by atoms with Gasteiger partial charge in [0.1, 0.15) is 0 Å². The summed E-state index contributed by atoms with van der Waals surface area (Å²) in [6.07, 6.45) is 0. The van der Waals surface area contributed by atoms with Crippen LogP contribution in [-0.2, 0) is 0 Å². The van der Waals surface area contributed by atoms with Crippen LogP contribution in [-0.4, -0.2) is 0 Å². The van der Waals surface area contributed by atoms with E-state index in [1.54, 1.807) is 0 Å². The quantitative estimate of drug-likeness (QED) is 0.512. The van der Waals surface area contributed by atoms with Gasteiger partial charge in [0.05, 0.1) is 5.69 Å². The van der Waals surface area contributed by atoms with Gasteiger partial charge in [0.25, 0.3) is 0 Å². The number of rotatable bonds is 1. The summed E-state index contributed by atoms with van der Waals surface area (Å²) in [5, 5.41) is 2.42. The molecule has 0 fully saturated rings. The molecule has 66 valence electrons. The fraction of sp³-hybridized carbons (Fsp3) is 0.0909. The zero-order valence-electron chi connectivity index (χ0n) is 7.54. The minimum Gasteiger partial charge on any atom is -0.324 e. The summed E-state index contributed by atoms with van der Waals surface area (Å²) < 4.78 is 0. The molecule has 0 amide bonds. The van der Waals surface area contributed by atoms with Crippen LogP contribution < -0.4 is 11.3 Å². The Morgan fingerprint density at radius 2 is 1.69 bits per heavy atom. The van der Waals surface area contributed by atoms with Gasteiger partial charge in [0, 0.05) is 5.39 Å². The minimum absolute atomic E-state index is 0.973. The molecule has 0 atom stereocenters. The number of hydrogen-bond acceptors (Lipinski definition) is 2. The summed E-state index contributed by atoms with van der Waals surface area (Å²) in [7, 11) is 0. The Labute approximate surface area is 77.3 Å². The molecule has 2 heteroatoms. The van der Waals surface area contributed by atoms with Crippen LogP contribution in [0, 0.1) is 6.92 Å². The van der Waals surface area contributed by atoms with Crippen LogP contribution in [0.25, 0.3) is 10.8 Å². The molecule has 0 bridgehead atoms. The highest BCUT2D eigenvalue weighted by Crippen LogP contribution is 2.24. The lowest BCUT2D eigenvalue weighted by atomic mass is 10.0. The van der Waals surface area contributed by atoms with E-state index in [1.807, 2.05) is 18.2 Å². The second-order valence-corrected chi connectivity index (χ2v) is 3.12. The first-order valence-electron chi connectivity index (χ1n) is 4.28. The molecule has 0 radical (unpaired) electrons. The normalized spacial score (nSPS) is 10.3. The molecule has 2 aromatic carbocycles. The first kappa shape index (κ1) is 8.08. The van der Waals surface area contributed by atoms with E-state index in [1.165, 1.54) is 16.3 Å². The number of benzene rings is 2. The van der Waals surface area contributed by atoms with Crippen LogP contribution in [0.3, 0.4) is 0 Å². The SMILES string of the molecule is Cc1cccc2c(NN)cccc12. The van der Waals surface area contributed by atoms with Crippen molar-refractivity contribution in [3.63, 3.8) is 0 Å². The average molecular weight is 172 g/mol. The Hall–Kier alpha value is -1.54. The third kappa shape index (κ3) is 1.25. The predicted octanol–water partition coefficient (Wildman–Crippen LogP) is 2.43. The van der Waals surface area contributed by atoms with Crippen molar-refractivity contribution >= 4 is 16.5 Å². The first-order chi connectivity index (χ1) is 6.33. The lowest BCUT2D eigenvalue weighted by Crippen LogP contribution is -2.06. The molecular formula is C11H12N2. The van der Waals surface area contributed by atoms with Crippen LogP contribution in [0.1, 0.15) is 5.56 Å². The zero-order valence-corrected chi connectivity index (χ0v) is 7.54. The van der Waals surface area contributed by atoms with Crippen LogP contribution >= 0.6 is 0 Å². The summed E-state index contributed by atoms with van der Waals surface area (Å²) in [4.78, 5) is 0. The molecule has 0 aliphatic rings. The van der Waals surface area contributed by atoms with Gasteiger partial charge in [0.15, 0.2) is 0 Å². The molecule has 0 saturated carbocycles. The monoisotopic (exact) mass is 172 g/mol. The molecular weight excluding hydrogens is 160 g/mol. The van der Waals surface area contributed by atoms with E-state index in [4.69, 9.17) is 5.84 Å². The highest BCUT2D eigenvalue weighted by Gasteiger charge is 1.99. The van der Waals surface area contributed by atoms with E-state index in [2.05, 4.69) is 30.5 Å². The number of nitrogens with one attached hydrogen (secondary N) is 1. The second kappa shape index (κ2) is 3.07. The summed E-state index contributed by atoms with van der Waals surface area (Å²) in [6.45, 7) is 2.10. The predicted molar refractivity (Wildman–Crippen MR) is 56.5 cm³/mol. The van der Waals surface area contributed by atoms with E-state index in [0.717, 1.165) is 5.69 Å².